The topological polar surface area (TPSA) is 69.5 Å². The summed E-state index contributed by atoms with van der Waals surface area (Å²) >= 11 is 0. The van der Waals surface area contributed by atoms with Crippen LogP contribution in [-0.4, -0.2) is 27.0 Å². The highest BCUT2D eigenvalue weighted by atomic mass is 16.5. The Labute approximate surface area is 127 Å². The van der Waals surface area contributed by atoms with E-state index >= 15 is 0 Å². The van der Waals surface area contributed by atoms with Gasteiger partial charge in [0, 0.05) is 7.05 Å². The van der Waals surface area contributed by atoms with Crippen LogP contribution in [0.15, 0.2) is 51.9 Å². The van der Waals surface area contributed by atoms with Crippen molar-refractivity contribution < 1.29 is 14.3 Å². The van der Waals surface area contributed by atoms with Gasteiger partial charge < -0.3 is 14.3 Å². The summed E-state index contributed by atoms with van der Waals surface area (Å²) in [4.78, 5) is 12.2. The number of aryl methyl sites for hydroxylation is 1. The SMILES string of the molecule is Cn1c(=O)n(C[C@@H](O)COCc2ccco2)c2ccccc21. The van der Waals surface area contributed by atoms with E-state index in [0.29, 0.717) is 12.4 Å². The molecule has 2 heterocycles. The highest BCUT2D eigenvalue weighted by Crippen LogP contribution is 2.12. The van der Waals surface area contributed by atoms with Crippen LogP contribution in [0.2, 0.25) is 0 Å². The summed E-state index contributed by atoms with van der Waals surface area (Å²) in [6, 6.07) is 11.1. The van der Waals surface area contributed by atoms with Crippen LogP contribution in [0, 0.1) is 0 Å². The third-order valence-corrected chi connectivity index (χ3v) is 3.58. The summed E-state index contributed by atoms with van der Waals surface area (Å²) in [5.41, 5.74) is 1.50. The molecule has 0 unspecified atom stereocenters. The zero-order valence-corrected chi connectivity index (χ0v) is 12.3. The van der Waals surface area contributed by atoms with Crippen molar-refractivity contribution in [1.82, 2.24) is 9.13 Å². The first kappa shape index (κ1) is 14.6. The van der Waals surface area contributed by atoms with Gasteiger partial charge in [-0.1, -0.05) is 12.1 Å². The van der Waals surface area contributed by atoms with Gasteiger partial charge in [0.1, 0.15) is 12.4 Å². The van der Waals surface area contributed by atoms with Gasteiger partial charge in [-0.2, -0.15) is 0 Å². The van der Waals surface area contributed by atoms with E-state index in [1.807, 2.05) is 30.3 Å². The molecule has 6 nitrogen and oxygen atoms in total. The highest BCUT2D eigenvalue weighted by molar-refractivity contribution is 5.75. The van der Waals surface area contributed by atoms with Crippen LogP contribution >= 0.6 is 0 Å². The van der Waals surface area contributed by atoms with Gasteiger partial charge in [0.05, 0.1) is 36.6 Å². The van der Waals surface area contributed by atoms with E-state index in [1.165, 1.54) is 0 Å². The molecule has 2 aromatic heterocycles. The minimum atomic E-state index is -0.765. The van der Waals surface area contributed by atoms with Crippen LogP contribution in [0.3, 0.4) is 0 Å². The first-order chi connectivity index (χ1) is 10.7. The molecular formula is C16H18N2O4. The molecule has 1 N–H and O–H groups in total. The number of aliphatic hydroxyl groups is 1. The zero-order valence-electron chi connectivity index (χ0n) is 12.3. The van der Waals surface area contributed by atoms with Gasteiger partial charge in [-0.25, -0.2) is 4.79 Å². The van der Waals surface area contributed by atoms with Crippen LogP contribution < -0.4 is 5.69 Å². The number of aromatic nitrogens is 2. The second kappa shape index (κ2) is 6.21. The number of fused-ring (bicyclic) bond motifs is 1. The molecule has 3 aromatic rings. The molecule has 0 radical (unpaired) electrons. The number of rotatable bonds is 6. The van der Waals surface area contributed by atoms with E-state index in [4.69, 9.17) is 9.15 Å². The van der Waals surface area contributed by atoms with Crippen LogP contribution in [0.1, 0.15) is 5.76 Å². The maximum absolute atomic E-state index is 12.2. The van der Waals surface area contributed by atoms with E-state index in [0.717, 1.165) is 11.0 Å². The second-order valence-electron chi connectivity index (χ2n) is 5.19. The van der Waals surface area contributed by atoms with Gasteiger partial charge in [0.2, 0.25) is 0 Å². The number of para-hydroxylation sites is 2. The van der Waals surface area contributed by atoms with Crippen molar-refractivity contribution >= 4 is 11.0 Å². The lowest BCUT2D eigenvalue weighted by Gasteiger charge is -2.11. The number of hydrogen-bond donors (Lipinski definition) is 1. The third-order valence-electron chi connectivity index (χ3n) is 3.58. The summed E-state index contributed by atoms with van der Waals surface area (Å²) in [6.07, 6.45) is 0.809. The summed E-state index contributed by atoms with van der Waals surface area (Å²) < 4.78 is 13.7. The van der Waals surface area contributed by atoms with Crippen LogP contribution in [0.4, 0.5) is 0 Å². The van der Waals surface area contributed by atoms with Gasteiger partial charge in [-0.05, 0) is 24.3 Å². The Balaban J connectivity index is 1.67. The number of imidazole rings is 1. The van der Waals surface area contributed by atoms with E-state index in [-0.39, 0.29) is 18.8 Å². The fourth-order valence-electron chi connectivity index (χ4n) is 2.49. The first-order valence-electron chi connectivity index (χ1n) is 7.09. The van der Waals surface area contributed by atoms with Crippen LogP contribution in [0.5, 0.6) is 0 Å². The van der Waals surface area contributed by atoms with Gasteiger partial charge in [0.15, 0.2) is 0 Å². The van der Waals surface area contributed by atoms with E-state index < -0.39 is 6.10 Å². The average molecular weight is 302 g/mol. The Morgan fingerprint density at radius 2 is 2.00 bits per heavy atom. The van der Waals surface area contributed by atoms with Crippen molar-refractivity contribution in [2.24, 2.45) is 7.05 Å². The molecule has 3 rings (SSSR count). The summed E-state index contributed by atoms with van der Waals surface area (Å²) in [5.74, 6) is 0.703. The lowest BCUT2D eigenvalue weighted by molar-refractivity contribution is 0.0147. The lowest BCUT2D eigenvalue weighted by Crippen LogP contribution is -2.29. The molecule has 1 aromatic carbocycles. The number of ether oxygens (including phenoxy) is 1. The smallest absolute Gasteiger partial charge is 0.328 e. The monoisotopic (exact) mass is 302 g/mol. The quantitative estimate of drug-likeness (QED) is 0.749. The summed E-state index contributed by atoms with van der Waals surface area (Å²) in [7, 11) is 1.72. The van der Waals surface area contributed by atoms with Crippen molar-refractivity contribution in [1.29, 1.82) is 0 Å². The van der Waals surface area contributed by atoms with Crippen molar-refractivity contribution in [2.45, 2.75) is 19.3 Å². The number of furan rings is 1. The van der Waals surface area contributed by atoms with Gasteiger partial charge >= 0.3 is 5.69 Å². The molecule has 0 amide bonds. The molecule has 1 atom stereocenters. The van der Waals surface area contributed by atoms with Crippen LogP contribution in [0.25, 0.3) is 11.0 Å². The maximum Gasteiger partial charge on any atom is 0.328 e. The normalized spacial score (nSPS) is 12.8. The Morgan fingerprint density at radius 1 is 1.23 bits per heavy atom. The predicted octanol–water partition coefficient (Wildman–Crippen LogP) is 1.51. The molecule has 0 aliphatic carbocycles. The van der Waals surface area contributed by atoms with Gasteiger partial charge in [-0.3, -0.25) is 9.13 Å². The largest absolute Gasteiger partial charge is 0.467 e. The Hall–Kier alpha value is -2.31. The minimum absolute atomic E-state index is 0.135. The van der Waals surface area contributed by atoms with E-state index in [9.17, 15) is 9.90 Å². The maximum atomic E-state index is 12.2. The van der Waals surface area contributed by atoms with E-state index in [1.54, 1.807) is 28.5 Å². The predicted molar refractivity (Wildman–Crippen MR) is 81.5 cm³/mol. The molecule has 0 saturated carbocycles. The van der Waals surface area contributed by atoms with Crippen molar-refractivity contribution in [3.05, 3.63) is 58.9 Å². The third kappa shape index (κ3) is 2.84. The van der Waals surface area contributed by atoms with Crippen molar-refractivity contribution in [3.8, 4) is 0 Å². The number of hydrogen-bond acceptors (Lipinski definition) is 4. The molecule has 0 bridgehead atoms. The molecule has 0 fully saturated rings. The Bertz CT molecular complexity index is 801. The molecule has 116 valence electrons. The highest BCUT2D eigenvalue weighted by Gasteiger charge is 2.14. The fourth-order valence-corrected chi connectivity index (χ4v) is 2.49. The molecule has 22 heavy (non-hydrogen) atoms. The molecule has 0 aliphatic rings. The molecule has 0 spiro atoms. The Morgan fingerprint density at radius 3 is 2.73 bits per heavy atom. The summed E-state index contributed by atoms with van der Waals surface area (Å²) in [5, 5.41) is 10.1. The molecule has 6 heteroatoms. The lowest BCUT2D eigenvalue weighted by atomic mass is 10.3. The first-order valence-corrected chi connectivity index (χ1v) is 7.09. The number of nitrogens with zero attached hydrogens (tertiary/aromatic N) is 2. The molecule has 0 saturated heterocycles. The fraction of sp³-hybridized carbons (Fsp3) is 0.312. The van der Waals surface area contributed by atoms with Crippen molar-refractivity contribution in [2.75, 3.05) is 6.61 Å². The summed E-state index contributed by atoms with van der Waals surface area (Å²) in [6.45, 7) is 0.628. The molecular weight excluding hydrogens is 284 g/mol. The van der Waals surface area contributed by atoms with Gasteiger partial charge in [0.25, 0.3) is 0 Å². The van der Waals surface area contributed by atoms with E-state index in [2.05, 4.69) is 0 Å². The Kier molecular flexibility index (Phi) is 4.13. The number of benzene rings is 1. The zero-order chi connectivity index (χ0) is 15.5. The van der Waals surface area contributed by atoms with Gasteiger partial charge in [-0.15, -0.1) is 0 Å². The number of aliphatic hydroxyl groups excluding tert-OH is 1. The standard InChI is InChI=1S/C16H18N2O4/c1-17-14-6-2-3-7-15(14)18(16(17)20)9-12(19)10-21-11-13-5-4-8-22-13/h2-8,12,19H,9-11H2,1H3/t12-/m1/s1. The molecule has 0 aliphatic heterocycles. The van der Waals surface area contributed by atoms with Crippen molar-refractivity contribution in [3.63, 3.8) is 0 Å². The average Bonchev–Trinajstić information content (AvgIpc) is 3.11. The van der Waals surface area contributed by atoms with Crippen LogP contribution in [-0.2, 0) is 24.9 Å². The second-order valence-corrected chi connectivity index (χ2v) is 5.19. The minimum Gasteiger partial charge on any atom is -0.467 e.